The molecule has 2 aliphatic heterocycles. The summed E-state index contributed by atoms with van der Waals surface area (Å²) < 4.78 is 30.6. The van der Waals surface area contributed by atoms with Gasteiger partial charge in [-0.15, -0.1) is 0 Å². The van der Waals surface area contributed by atoms with Crippen molar-refractivity contribution in [1.29, 1.82) is 0 Å². The maximum absolute atomic E-state index is 12.4. The number of sulfone groups is 1. The van der Waals surface area contributed by atoms with Gasteiger partial charge in [-0.1, -0.05) is 23.8 Å². The molecule has 2 fully saturated rings. The van der Waals surface area contributed by atoms with Gasteiger partial charge in [0.25, 0.3) is 0 Å². The van der Waals surface area contributed by atoms with Gasteiger partial charge in [0.15, 0.2) is 9.84 Å². The van der Waals surface area contributed by atoms with Gasteiger partial charge in [-0.05, 0) is 44.0 Å². The van der Waals surface area contributed by atoms with Gasteiger partial charge >= 0.3 is 0 Å². The van der Waals surface area contributed by atoms with Crippen LogP contribution in [0.15, 0.2) is 34.7 Å². The zero-order chi connectivity index (χ0) is 19.2. The highest BCUT2D eigenvalue weighted by Crippen LogP contribution is 2.30. The molecular weight excluding hydrogens is 360 g/mol. The highest BCUT2D eigenvalue weighted by molar-refractivity contribution is 7.91. The zero-order valence-corrected chi connectivity index (χ0v) is 17.1. The van der Waals surface area contributed by atoms with Crippen LogP contribution in [-0.2, 0) is 22.9 Å². The molecule has 146 valence electrons. The van der Waals surface area contributed by atoms with Gasteiger partial charge in [-0.25, -0.2) is 8.42 Å². The molecule has 27 heavy (non-hydrogen) atoms. The van der Waals surface area contributed by atoms with Crippen LogP contribution in [0.25, 0.3) is 0 Å². The monoisotopic (exact) mass is 388 g/mol. The van der Waals surface area contributed by atoms with Crippen LogP contribution in [0.3, 0.4) is 0 Å². The van der Waals surface area contributed by atoms with Crippen LogP contribution in [0, 0.1) is 20.8 Å². The molecular formula is C21H28N2O3S. The summed E-state index contributed by atoms with van der Waals surface area (Å²) in [7, 11) is -3.01. The number of fused-ring (bicyclic) bond motifs is 1. The number of hydrogen-bond acceptors (Lipinski definition) is 5. The number of hydrogen-bond donors (Lipinski definition) is 0. The third kappa shape index (κ3) is 3.98. The fourth-order valence-electron chi connectivity index (χ4n) is 4.45. The molecule has 0 spiro atoms. The molecule has 5 nitrogen and oxygen atoms in total. The molecule has 2 saturated heterocycles. The third-order valence-corrected chi connectivity index (χ3v) is 7.64. The van der Waals surface area contributed by atoms with Crippen molar-refractivity contribution in [2.24, 2.45) is 0 Å². The number of rotatable bonds is 4. The first-order chi connectivity index (χ1) is 12.8. The summed E-state index contributed by atoms with van der Waals surface area (Å²) in [4.78, 5) is 4.67. The SMILES string of the molecule is Cc1ccc(C)c(CN2CCN(Cc3ccc(C)o3)[C@@H]3CS(=O)(=O)C[C@@H]32)c1. The van der Waals surface area contributed by atoms with Crippen LogP contribution in [0.1, 0.15) is 28.2 Å². The average Bonchev–Trinajstić information content (AvgIpc) is 3.15. The van der Waals surface area contributed by atoms with Crippen LogP contribution in [-0.4, -0.2) is 54.9 Å². The minimum atomic E-state index is -3.01. The molecule has 1 aromatic carbocycles. The molecule has 0 bridgehead atoms. The van der Waals surface area contributed by atoms with Gasteiger partial charge < -0.3 is 4.42 Å². The van der Waals surface area contributed by atoms with Crippen LogP contribution in [0.2, 0.25) is 0 Å². The number of nitrogens with zero attached hydrogens (tertiary/aromatic N) is 2. The van der Waals surface area contributed by atoms with E-state index >= 15 is 0 Å². The number of aryl methyl sites for hydroxylation is 3. The second-order valence-electron chi connectivity index (χ2n) is 8.09. The first-order valence-electron chi connectivity index (χ1n) is 9.61. The molecule has 0 N–H and O–H groups in total. The van der Waals surface area contributed by atoms with Gasteiger partial charge in [-0.2, -0.15) is 0 Å². The fourth-order valence-corrected chi connectivity index (χ4v) is 6.49. The topological polar surface area (TPSA) is 53.8 Å². The summed E-state index contributed by atoms with van der Waals surface area (Å²) >= 11 is 0. The van der Waals surface area contributed by atoms with Crippen molar-refractivity contribution >= 4 is 9.84 Å². The molecule has 2 atom stereocenters. The quantitative estimate of drug-likeness (QED) is 0.806. The normalized spacial score (nSPS) is 25.6. The highest BCUT2D eigenvalue weighted by Gasteiger charge is 2.46. The smallest absolute Gasteiger partial charge is 0.153 e. The van der Waals surface area contributed by atoms with E-state index in [0.29, 0.717) is 6.54 Å². The Morgan fingerprint density at radius 1 is 0.963 bits per heavy atom. The van der Waals surface area contributed by atoms with Gasteiger partial charge in [0.1, 0.15) is 11.5 Å². The summed E-state index contributed by atoms with van der Waals surface area (Å²) in [5.74, 6) is 2.32. The Morgan fingerprint density at radius 2 is 1.63 bits per heavy atom. The molecule has 2 aromatic rings. The van der Waals surface area contributed by atoms with Gasteiger partial charge in [-0.3, -0.25) is 9.80 Å². The Kier molecular flexibility index (Phi) is 4.91. The molecule has 0 saturated carbocycles. The van der Waals surface area contributed by atoms with E-state index in [4.69, 9.17) is 4.42 Å². The molecule has 6 heteroatoms. The second-order valence-corrected chi connectivity index (χ2v) is 10.2. The Labute approximate surface area is 161 Å². The molecule has 1 aromatic heterocycles. The fraction of sp³-hybridized carbons (Fsp3) is 0.524. The van der Waals surface area contributed by atoms with Crippen LogP contribution in [0.4, 0.5) is 0 Å². The lowest BCUT2D eigenvalue weighted by molar-refractivity contribution is 0.0315. The molecule has 2 aliphatic rings. The summed E-state index contributed by atoms with van der Waals surface area (Å²) in [6.07, 6.45) is 0. The summed E-state index contributed by atoms with van der Waals surface area (Å²) in [6.45, 7) is 9.42. The highest BCUT2D eigenvalue weighted by atomic mass is 32.2. The summed E-state index contributed by atoms with van der Waals surface area (Å²) in [5, 5.41) is 0. The lowest BCUT2D eigenvalue weighted by Crippen LogP contribution is -2.58. The number of furan rings is 1. The van der Waals surface area contributed by atoms with Crippen molar-refractivity contribution in [2.75, 3.05) is 24.6 Å². The standard InChI is InChI=1S/C21H28N2O3S/c1-15-4-5-16(2)18(10-15)11-22-8-9-23(12-19-7-6-17(3)26-19)21-14-27(24,25)13-20(21)22/h4-7,10,20-21H,8-9,11-14H2,1-3H3/t20-,21+/m0/s1. The Morgan fingerprint density at radius 3 is 2.26 bits per heavy atom. The summed E-state index contributed by atoms with van der Waals surface area (Å²) in [6, 6.07) is 10.6. The molecule has 0 amide bonds. The number of benzene rings is 1. The van der Waals surface area contributed by atoms with Gasteiger partial charge in [0, 0.05) is 31.7 Å². The Balaban J connectivity index is 1.55. The van der Waals surface area contributed by atoms with Crippen molar-refractivity contribution in [3.8, 4) is 0 Å². The molecule has 3 heterocycles. The van der Waals surface area contributed by atoms with E-state index in [1.165, 1.54) is 16.7 Å². The average molecular weight is 389 g/mol. The Bertz CT molecular complexity index is 935. The van der Waals surface area contributed by atoms with Crippen molar-refractivity contribution < 1.29 is 12.8 Å². The zero-order valence-electron chi connectivity index (χ0n) is 16.3. The summed E-state index contributed by atoms with van der Waals surface area (Å²) in [5.41, 5.74) is 3.82. The van der Waals surface area contributed by atoms with Crippen molar-refractivity contribution in [1.82, 2.24) is 9.80 Å². The van der Waals surface area contributed by atoms with Crippen molar-refractivity contribution in [3.05, 3.63) is 58.5 Å². The molecule has 0 unspecified atom stereocenters. The largest absolute Gasteiger partial charge is 0.465 e. The van der Waals surface area contributed by atoms with E-state index in [1.54, 1.807) is 0 Å². The van der Waals surface area contributed by atoms with Gasteiger partial charge in [0.05, 0.1) is 18.1 Å². The van der Waals surface area contributed by atoms with Crippen LogP contribution in [0.5, 0.6) is 0 Å². The predicted octanol–water partition coefficient (Wildman–Crippen LogP) is 2.69. The van der Waals surface area contributed by atoms with Crippen molar-refractivity contribution in [2.45, 2.75) is 45.9 Å². The molecule has 4 rings (SSSR count). The van der Waals surface area contributed by atoms with E-state index in [0.717, 1.165) is 31.2 Å². The first-order valence-corrected chi connectivity index (χ1v) is 11.4. The van der Waals surface area contributed by atoms with E-state index in [1.807, 2.05) is 19.1 Å². The molecule has 0 radical (unpaired) electrons. The van der Waals surface area contributed by atoms with Crippen LogP contribution >= 0.6 is 0 Å². The van der Waals surface area contributed by atoms with E-state index in [2.05, 4.69) is 41.8 Å². The number of piperazine rings is 1. The van der Waals surface area contributed by atoms with Crippen molar-refractivity contribution in [3.63, 3.8) is 0 Å². The van der Waals surface area contributed by atoms with E-state index in [-0.39, 0.29) is 23.6 Å². The lowest BCUT2D eigenvalue weighted by Gasteiger charge is -2.43. The second kappa shape index (κ2) is 7.08. The predicted molar refractivity (Wildman–Crippen MR) is 106 cm³/mol. The first kappa shape index (κ1) is 18.7. The molecule has 0 aliphatic carbocycles. The lowest BCUT2D eigenvalue weighted by atomic mass is 10.0. The minimum Gasteiger partial charge on any atom is -0.465 e. The minimum absolute atomic E-state index is 0.0410. The third-order valence-electron chi connectivity index (χ3n) is 5.94. The maximum atomic E-state index is 12.4. The van der Waals surface area contributed by atoms with E-state index < -0.39 is 9.84 Å². The Hall–Kier alpha value is -1.63. The van der Waals surface area contributed by atoms with Gasteiger partial charge in [0.2, 0.25) is 0 Å². The maximum Gasteiger partial charge on any atom is 0.153 e. The van der Waals surface area contributed by atoms with E-state index in [9.17, 15) is 8.42 Å². The van der Waals surface area contributed by atoms with Crippen LogP contribution < -0.4 is 0 Å².